The topological polar surface area (TPSA) is 82.2 Å². The van der Waals surface area contributed by atoms with E-state index in [0.717, 1.165) is 68.7 Å². The quantitative estimate of drug-likeness (QED) is 0.693. The summed E-state index contributed by atoms with van der Waals surface area (Å²) in [5, 5.41) is 2.93. The summed E-state index contributed by atoms with van der Waals surface area (Å²) >= 11 is 0. The third-order valence-electron chi connectivity index (χ3n) is 7.22. The molecule has 2 aromatic carbocycles. The van der Waals surface area contributed by atoms with Crippen molar-refractivity contribution in [2.45, 2.75) is 44.7 Å². The fourth-order valence-electron chi connectivity index (χ4n) is 5.30. The average molecular weight is 477 g/mol. The van der Waals surface area contributed by atoms with Crippen LogP contribution in [0.1, 0.15) is 48.0 Å². The predicted molar refractivity (Wildman–Crippen MR) is 134 cm³/mol. The second kappa shape index (κ2) is 9.98. The number of carbonyl (C=O) groups excluding carboxylic acids is 3. The number of nitrogens with one attached hydrogen (secondary N) is 1. The predicted octanol–water partition coefficient (Wildman–Crippen LogP) is 2.95. The Morgan fingerprint density at radius 2 is 1.71 bits per heavy atom. The van der Waals surface area contributed by atoms with Crippen molar-refractivity contribution < 1.29 is 19.1 Å². The number of likely N-dealkylation sites (tertiary alicyclic amines) is 1. The van der Waals surface area contributed by atoms with E-state index in [1.54, 1.807) is 18.1 Å². The molecule has 8 nitrogen and oxygen atoms in total. The Labute approximate surface area is 205 Å². The summed E-state index contributed by atoms with van der Waals surface area (Å²) in [6.45, 7) is 2.62. The van der Waals surface area contributed by atoms with Gasteiger partial charge in [-0.15, -0.1) is 0 Å². The first kappa shape index (κ1) is 23.2. The maximum Gasteiger partial charge on any atom is 0.253 e. The molecule has 2 fully saturated rings. The van der Waals surface area contributed by atoms with Gasteiger partial charge in [0.25, 0.3) is 5.91 Å². The van der Waals surface area contributed by atoms with E-state index in [2.05, 4.69) is 10.2 Å². The molecule has 0 bridgehead atoms. The van der Waals surface area contributed by atoms with Crippen molar-refractivity contribution in [2.75, 3.05) is 43.1 Å². The maximum atomic E-state index is 13.5. The molecule has 0 aromatic heterocycles. The number of amides is 3. The Morgan fingerprint density at radius 3 is 2.46 bits per heavy atom. The molecule has 184 valence electrons. The van der Waals surface area contributed by atoms with Crippen molar-refractivity contribution in [1.29, 1.82) is 0 Å². The number of benzene rings is 2. The molecule has 0 radical (unpaired) electrons. The first-order chi connectivity index (χ1) is 17.0. The molecule has 3 amide bonds. The summed E-state index contributed by atoms with van der Waals surface area (Å²) in [6.07, 6.45) is 4.83. The van der Waals surface area contributed by atoms with Crippen molar-refractivity contribution in [2.24, 2.45) is 0 Å². The van der Waals surface area contributed by atoms with Gasteiger partial charge < -0.3 is 19.9 Å². The molecule has 0 unspecified atom stereocenters. The Hall–Kier alpha value is -3.55. The normalized spacial score (nSPS) is 19.3. The Bertz CT molecular complexity index is 1110. The lowest BCUT2D eigenvalue weighted by atomic mass is 9.95. The van der Waals surface area contributed by atoms with Gasteiger partial charge in [-0.2, -0.15) is 0 Å². The molecular formula is C27H32N4O4. The van der Waals surface area contributed by atoms with E-state index in [-0.39, 0.29) is 30.3 Å². The molecule has 8 heteroatoms. The molecule has 3 aliphatic rings. The number of hydrogen-bond donors (Lipinski definition) is 1. The van der Waals surface area contributed by atoms with Gasteiger partial charge in [-0.1, -0.05) is 12.1 Å². The smallest absolute Gasteiger partial charge is 0.253 e. The summed E-state index contributed by atoms with van der Waals surface area (Å²) < 4.78 is 5.18. The maximum absolute atomic E-state index is 13.5. The van der Waals surface area contributed by atoms with Gasteiger partial charge in [-0.25, -0.2) is 0 Å². The standard InChI is InChI=1S/C27H32N4O4/c1-35-21-10-7-19(8-11-21)17-28-25(32)18-31-24-16-20(26(33)29-13-4-5-14-29)9-12-22(24)30-15-3-2-6-23(30)27(31)34/h7-12,16,23H,2-6,13-15,17-18H2,1H3,(H,28,32)/t23-/m0/s1. The summed E-state index contributed by atoms with van der Waals surface area (Å²) in [4.78, 5) is 45.1. The lowest BCUT2D eigenvalue weighted by Gasteiger charge is -2.45. The van der Waals surface area contributed by atoms with Gasteiger partial charge >= 0.3 is 0 Å². The number of ether oxygens (including phenoxy) is 1. The Morgan fingerprint density at radius 1 is 0.971 bits per heavy atom. The molecule has 2 aromatic rings. The highest BCUT2D eigenvalue weighted by Gasteiger charge is 2.40. The summed E-state index contributed by atoms with van der Waals surface area (Å²) in [6, 6.07) is 12.9. The first-order valence-electron chi connectivity index (χ1n) is 12.5. The van der Waals surface area contributed by atoms with Crippen LogP contribution in [0.4, 0.5) is 11.4 Å². The van der Waals surface area contributed by atoms with Gasteiger partial charge in [0.1, 0.15) is 18.3 Å². The third kappa shape index (κ3) is 4.70. The number of rotatable bonds is 6. The van der Waals surface area contributed by atoms with Crippen LogP contribution in [0.15, 0.2) is 42.5 Å². The fraction of sp³-hybridized carbons (Fsp3) is 0.444. The fourth-order valence-corrected chi connectivity index (χ4v) is 5.30. The van der Waals surface area contributed by atoms with E-state index in [4.69, 9.17) is 4.74 Å². The number of hydrogen-bond acceptors (Lipinski definition) is 5. The lowest BCUT2D eigenvalue weighted by molar-refractivity contribution is -0.125. The van der Waals surface area contributed by atoms with Gasteiger partial charge in [0.15, 0.2) is 0 Å². The monoisotopic (exact) mass is 476 g/mol. The first-order valence-corrected chi connectivity index (χ1v) is 12.5. The molecule has 0 saturated carbocycles. The van der Waals surface area contributed by atoms with Gasteiger partial charge in [0.2, 0.25) is 11.8 Å². The Balaban J connectivity index is 1.37. The number of piperidine rings is 1. The third-order valence-corrected chi connectivity index (χ3v) is 7.22. The number of nitrogens with zero attached hydrogens (tertiary/aromatic N) is 3. The number of methoxy groups -OCH3 is 1. The van der Waals surface area contributed by atoms with Crippen LogP contribution in [0.25, 0.3) is 0 Å². The van der Waals surface area contributed by atoms with E-state index in [9.17, 15) is 14.4 Å². The zero-order valence-electron chi connectivity index (χ0n) is 20.2. The number of fused-ring (bicyclic) bond motifs is 3. The van der Waals surface area contributed by atoms with Crippen molar-refractivity contribution >= 4 is 29.1 Å². The van der Waals surface area contributed by atoms with Gasteiger partial charge in [0, 0.05) is 31.7 Å². The van der Waals surface area contributed by atoms with E-state index < -0.39 is 0 Å². The van der Waals surface area contributed by atoms with E-state index in [0.29, 0.717) is 17.8 Å². The van der Waals surface area contributed by atoms with Crippen LogP contribution in [0.5, 0.6) is 5.75 Å². The molecule has 5 rings (SSSR count). The number of anilines is 2. The minimum absolute atomic E-state index is 0.0116. The molecule has 3 heterocycles. The Kier molecular flexibility index (Phi) is 6.61. The van der Waals surface area contributed by atoms with Crippen LogP contribution >= 0.6 is 0 Å². The van der Waals surface area contributed by atoms with Crippen LogP contribution < -0.4 is 19.9 Å². The summed E-state index contributed by atoms with van der Waals surface area (Å²) in [5.41, 5.74) is 3.09. The zero-order valence-corrected chi connectivity index (χ0v) is 20.2. The van der Waals surface area contributed by atoms with E-state index in [1.165, 1.54) is 0 Å². The number of carbonyl (C=O) groups is 3. The van der Waals surface area contributed by atoms with Crippen molar-refractivity contribution in [3.05, 3.63) is 53.6 Å². The SMILES string of the molecule is COc1ccc(CNC(=O)CN2C(=O)[C@@H]3CCCCN3c3ccc(C(=O)N4CCCC4)cc32)cc1. The molecule has 1 atom stereocenters. The van der Waals surface area contributed by atoms with Crippen molar-refractivity contribution in [3.63, 3.8) is 0 Å². The highest BCUT2D eigenvalue weighted by molar-refractivity contribution is 6.09. The van der Waals surface area contributed by atoms with Crippen LogP contribution in [-0.2, 0) is 16.1 Å². The highest BCUT2D eigenvalue weighted by Crippen LogP contribution is 2.40. The summed E-state index contributed by atoms with van der Waals surface area (Å²) in [7, 11) is 1.61. The minimum Gasteiger partial charge on any atom is -0.497 e. The second-order valence-electron chi connectivity index (χ2n) is 9.46. The van der Waals surface area contributed by atoms with Crippen molar-refractivity contribution in [1.82, 2.24) is 10.2 Å². The van der Waals surface area contributed by atoms with Crippen molar-refractivity contribution in [3.8, 4) is 5.75 Å². The van der Waals surface area contributed by atoms with Gasteiger partial charge in [-0.3, -0.25) is 19.3 Å². The van der Waals surface area contributed by atoms with Crippen LogP contribution in [0.3, 0.4) is 0 Å². The molecule has 0 spiro atoms. The second-order valence-corrected chi connectivity index (χ2v) is 9.46. The zero-order chi connectivity index (χ0) is 24.4. The largest absolute Gasteiger partial charge is 0.497 e. The lowest BCUT2D eigenvalue weighted by Crippen LogP contribution is -2.57. The molecule has 35 heavy (non-hydrogen) atoms. The molecule has 2 saturated heterocycles. The van der Waals surface area contributed by atoms with E-state index >= 15 is 0 Å². The van der Waals surface area contributed by atoms with Crippen LogP contribution in [0, 0.1) is 0 Å². The summed E-state index contributed by atoms with van der Waals surface area (Å²) in [5.74, 6) is 0.442. The molecule has 3 aliphatic heterocycles. The minimum atomic E-state index is -0.259. The average Bonchev–Trinajstić information content (AvgIpc) is 3.44. The van der Waals surface area contributed by atoms with Crippen LogP contribution in [0.2, 0.25) is 0 Å². The van der Waals surface area contributed by atoms with Crippen LogP contribution in [-0.4, -0.2) is 62.0 Å². The molecular weight excluding hydrogens is 444 g/mol. The molecule has 0 aliphatic carbocycles. The van der Waals surface area contributed by atoms with E-state index in [1.807, 2.05) is 41.3 Å². The van der Waals surface area contributed by atoms with Gasteiger partial charge in [-0.05, 0) is 68.0 Å². The highest BCUT2D eigenvalue weighted by atomic mass is 16.5. The molecule has 1 N–H and O–H groups in total. The van der Waals surface area contributed by atoms with Gasteiger partial charge in [0.05, 0.1) is 18.5 Å².